The van der Waals surface area contributed by atoms with Gasteiger partial charge in [0, 0.05) is 18.7 Å². The zero-order chi connectivity index (χ0) is 9.26. The summed E-state index contributed by atoms with van der Waals surface area (Å²) in [7, 11) is 0. The second-order valence-electron chi connectivity index (χ2n) is 4.86. The van der Waals surface area contributed by atoms with Gasteiger partial charge in [-0.15, -0.1) is 0 Å². The van der Waals surface area contributed by atoms with Crippen LogP contribution in [0.15, 0.2) is 0 Å². The van der Waals surface area contributed by atoms with Crippen LogP contribution in [-0.4, -0.2) is 23.8 Å². The molecule has 2 nitrogen and oxygen atoms in total. The van der Waals surface area contributed by atoms with Gasteiger partial charge in [-0.05, 0) is 44.4 Å². The van der Waals surface area contributed by atoms with E-state index in [1.165, 1.54) is 25.7 Å². The van der Waals surface area contributed by atoms with Crippen molar-refractivity contribution in [3.8, 4) is 0 Å². The molecule has 2 N–H and O–H groups in total. The van der Waals surface area contributed by atoms with Crippen molar-refractivity contribution >= 4 is 0 Å². The van der Waals surface area contributed by atoms with Gasteiger partial charge in [0.25, 0.3) is 0 Å². The van der Waals surface area contributed by atoms with Crippen LogP contribution in [0.3, 0.4) is 0 Å². The fourth-order valence-electron chi connectivity index (χ4n) is 3.09. The monoisotopic (exact) mass is 183 g/mol. The average Bonchev–Trinajstić information content (AvgIpc) is 2.65. The molecule has 2 saturated carbocycles. The smallest absolute Gasteiger partial charge is 0.0445 e. The zero-order valence-corrected chi connectivity index (χ0v) is 8.50. The van der Waals surface area contributed by atoms with Crippen LogP contribution in [0.1, 0.15) is 39.0 Å². The molecule has 4 unspecified atom stereocenters. The van der Waals surface area contributed by atoms with Crippen LogP contribution in [-0.2, 0) is 0 Å². The van der Waals surface area contributed by atoms with Crippen LogP contribution in [0.4, 0.5) is 0 Å². The summed E-state index contributed by atoms with van der Waals surface area (Å²) in [5, 5.41) is 12.5. The van der Waals surface area contributed by atoms with Crippen molar-refractivity contribution in [2.45, 2.75) is 51.1 Å². The predicted octanol–water partition coefficient (Wildman–Crippen LogP) is 1.54. The summed E-state index contributed by atoms with van der Waals surface area (Å²) >= 11 is 0. The van der Waals surface area contributed by atoms with E-state index in [0.29, 0.717) is 12.6 Å². The average molecular weight is 183 g/mol. The topological polar surface area (TPSA) is 32.3 Å². The molecular weight excluding hydrogens is 162 g/mol. The van der Waals surface area contributed by atoms with Gasteiger partial charge in [0.1, 0.15) is 0 Å². The van der Waals surface area contributed by atoms with Gasteiger partial charge in [-0.2, -0.15) is 0 Å². The van der Waals surface area contributed by atoms with Gasteiger partial charge in [-0.25, -0.2) is 0 Å². The molecule has 76 valence electrons. The van der Waals surface area contributed by atoms with E-state index >= 15 is 0 Å². The van der Waals surface area contributed by atoms with Crippen molar-refractivity contribution in [1.82, 2.24) is 5.32 Å². The fraction of sp³-hybridized carbons (Fsp3) is 1.00. The molecule has 0 amide bonds. The molecule has 2 aliphatic rings. The van der Waals surface area contributed by atoms with Crippen molar-refractivity contribution in [1.29, 1.82) is 0 Å². The van der Waals surface area contributed by atoms with Crippen molar-refractivity contribution in [3.63, 3.8) is 0 Å². The molecule has 2 rings (SSSR count). The number of hydrogen-bond donors (Lipinski definition) is 2. The molecule has 0 saturated heterocycles. The third-order valence-electron chi connectivity index (χ3n) is 3.80. The van der Waals surface area contributed by atoms with Crippen LogP contribution in [0.25, 0.3) is 0 Å². The van der Waals surface area contributed by atoms with E-state index in [1.54, 1.807) is 0 Å². The first-order valence-electron chi connectivity index (χ1n) is 5.66. The molecule has 0 aromatic rings. The minimum absolute atomic E-state index is 0.314. The molecule has 2 heteroatoms. The van der Waals surface area contributed by atoms with Gasteiger partial charge >= 0.3 is 0 Å². The normalized spacial score (nSPS) is 39.7. The lowest BCUT2D eigenvalue weighted by atomic mass is 9.94. The summed E-state index contributed by atoms with van der Waals surface area (Å²) in [5.41, 5.74) is 0. The number of aliphatic hydroxyl groups is 1. The van der Waals surface area contributed by atoms with E-state index in [4.69, 9.17) is 5.11 Å². The highest BCUT2D eigenvalue weighted by atomic mass is 16.3. The van der Waals surface area contributed by atoms with Crippen molar-refractivity contribution < 1.29 is 5.11 Å². The van der Waals surface area contributed by atoms with E-state index in [1.807, 2.05) is 0 Å². The van der Waals surface area contributed by atoms with Crippen molar-refractivity contribution in [3.05, 3.63) is 0 Å². The highest BCUT2D eigenvalue weighted by Gasteiger charge is 2.39. The quantitative estimate of drug-likeness (QED) is 0.693. The molecule has 2 fully saturated rings. The van der Waals surface area contributed by atoms with E-state index < -0.39 is 0 Å². The van der Waals surface area contributed by atoms with Gasteiger partial charge in [0.05, 0.1) is 0 Å². The summed E-state index contributed by atoms with van der Waals surface area (Å²) in [6.45, 7) is 2.50. The van der Waals surface area contributed by atoms with E-state index in [2.05, 4.69) is 12.2 Å². The summed E-state index contributed by atoms with van der Waals surface area (Å²) in [5.74, 6) is 1.97. The Morgan fingerprint density at radius 2 is 2.23 bits per heavy atom. The molecule has 0 aliphatic heterocycles. The lowest BCUT2D eigenvalue weighted by Gasteiger charge is -2.26. The Labute approximate surface area is 80.7 Å². The Kier molecular flexibility index (Phi) is 2.89. The fourth-order valence-corrected chi connectivity index (χ4v) is 3.09. The molecule has 13 heavy (non-hydrogen) atoms. The molecular formula is C11H21NO. The van der Waals surface area contributed by atoms with Gasteiger partial charge in [-0.1, -0.05) is 6.42 Å². The van der Waals surface area contributed by atoms with Crippen LogP contribution < -0.4 is 5.32 Å². The van der Waals surface area contributed by atoms with Gasteiger partial charge in [0.15, 0.2) is 0 Å². The van der Waals surface area contributed by atoms with E-state index in [9.17, 15) is 0 Å². The Bertz CT molecular complexity index is 171. The van der Waals surface area contributed by atoms with E-state index in [0.717, 1.165) is 24.3 Å². The summed E-state index contributed by atoms with van der Waals surface area (Å²) in [6.07, 6.45) is 6.66. The molecule has 4 atom stereocenters. The molecule has 0 heterocycles. The van der Waals surface area contributed by atoms with Crippen molar-refractivity contribution in [2.24, 2.45) is 11.8 Å². The maximum atomic E-state index is 8.80. The number of rotatable bonds is 4. The first-order chi connectivity index (χ1) is 6.29. The minimum atomic E-state index is 0.314. The highest BCUT2D eigenvalue weighted by molar-refractivity contribution is 4.94. The molecule has 2 bridgehead atoms. The van der Waals surface area contributed by atoms with Gasteiger partial charge in [0.2, 0.25) is 0 Å². The maximum absolute atomic E-state index is 8.80. The Morgan fingerprint density at radius 3 is 2.77 bits per heavy atom. The zero-order valence-electron chi connectivity index (χ0n) is 8.50. The number of nitrogens with one attached hydrogen (secondary N) is 1. The Balaban J connectivity index is 1.76. The lowest BCUT2D eigenvalue weighted by molar-refractivity contribution is 0.249. The summed E-state index contributed by atoms with van der Waals surface area (Å²) in [4.78, 5) is 0. The van der Waals surface area contributed by atoms with Crippen molar-refractivity contribution in [2.75, 3.05) is 6.61 Å². The minimum Gasteiger partial charge on any atom is -0.396 e. The third kappa shape index (κ3) is 2.05. The number of hydrogen-bond acceptors (Lipinski definition) is 2. The highest BCUT2D eigenvalue weighted by Crippen LogP contribution is 2.44. The SMILES string of the molecule is CC(CCO)NC1CC2CCC1C2. The first-order valence-corrected chi connectivity index (χ1v) is 5.66. The molecule has 2 aliphatic carbocycles. The van der Waals surface area contributed by atoms with Crippen LogP contribution >= 0.6 is 0 Å². The second-order valence-corrected chi connectivity index (χ2v) is 4.86. The largest absolute Gasteiger partial charge is 0.396 e. The molecule has 0 radical (unpaired) electrons. The number of fused-ring (bicyclic) bond motifs is 2. The molecule has 0 spiro atoms. The Morgan fingerprint density at radius 1 is 1.38 bits per heavy atom. The molecule has 0 aromatic heterocycles. The van der Waals surface area contributed by atoms with Crippen LogP contribution in [0, 0.1) is 11.8 Å². The Hall–Kier alpha value is -0.0800. The predicted molar refractivity (Wildman–Crippen MR) is 53.5 cm³/mol. The maximum Gasteiger partial charge on any atom is 0.0445 e. The third-order valence-corrected chi connectivity index (χ3v) is 3.80. The van der Waals surface area contributed by atoms with Crippen LogP contribution in [0.5, 0.6) is 0 Å². The van der Waals surface area contributed by atoms with Crippen LogP contribution in [0.2, 0.25) is 0 Å². The number of aliphatic hydroxyl groups excluding tert-OH is 1. The second kappa shape index (κ2) is 3.97. The lowest BCUT2D eigenvalue weighted by Crippen LogP contribution is -2.40. The standard InChI is InChI=1S/C11H21NO/c1-8(4-5-13)12-11-7-9-2-3-10(11)6-9/h8-13H,2-7H2,1H3. The summed E-state index contributed by atoms with van der Waals surface area (Å²) < 4.78 is 0. The molecule has 0 aromatic carbocycles. The van der Waals surface area contributed by atoms with Gasteiger partial charge < -0.3 is 10.4 Å². The van der Waals surface area contributed by atoms with E-state index in [-0.39, 0.29) is 0 Å². The first kappa shape index (κ1) is 9.47. The van der Waals surface area contributed by atoms with Gasteiger partial charge in [-0.3, -0.25) is 0 Å². The summed E-state index contributed by atoms with van der Waals surface area (Å²) in [6, 6.07) is 1.26.